The summed E-state index contributed by atoms with van der Waals surface area (Å²) in [7, 11) is 0. The van der Waals surface area contributed by atoms with Crippen LogP contribution in [0, 0.1) is 0 Å². The maximum atomic E-state index is 6.40. The van der Waals surface area contributed by atoms with Crippen molar-refractivity contribution in [2.75, 3.05) is 4.90 Å². The molecule has 0 aliphatic rings. The molecule has 216 valence electrons. The van der Waals surface area contributed by atoms with Crippen LogP contribution in [0.15, 0.2) is 167 Å². The first kappa shape index (κ1) is 25.1. The van der Waals surface area contributed by atoms with E-state index in [4.69, 9.17) is 8.83 Å². The Morgan fingerprint density at radius 1 is 0.391 bits per heavy atom. The zero-order valence-electron chi connectivity index (χ0n) is 24.7. The Balaban J connectivity index is 1.29. The number of para-hydroxylation sites is 4. The first-order valence-electron chi connectivity index (χ1n) is 15.5. The summed E-state index contributed by atoms with van der Waals surface area (Å²) >= 11 is 0. The second kappa shape index (κ2) is 9.62. The normalized spacial score (nSPS) is 11.9. The van der Waals surface area contributed by atoms with E-state index in [1.807, 2.05) is 24.3 Å². The number of nitrogens with zero attached hydrogens (tertiary/aromatic N) is 2. The molecular formula is C42H26N2O2. The average Bonchev–Trinajstić information content (AvgIpc) is 3.78. The minimum absolute atomic E-state index is 0.854. The number of hydrogen-bond donors (Lipinski definition) is 0. The predicted octanol–water partition coefficient (Wildman–Crippen LogP) is 12.1. The van der Waals surface area contributed by atoms with Gasteiger partial charge >= 0.3 is 0 Å². The number of anilines is 3. The molecule has 4 heteroatoms. The van der Waals surface area contributed by atoms with Crippen molar-refractivity contribution in [1.29, 1.82) is 0 Å². The summed E-state index contributed by atoms with van der Waals surface area (Å²) in [5, 5.41) is 6.82. The van der Waals surface area contributed by atoms with Crippen molar-refractivity contribution in [2.45, 2.75) is 0 Å². The summed E-state index contributed by atoms with van der Waals surface area (Å²) in [5.74, 6) is 0. The van der Waals surface area contributed by atoms with Crippen molar-refractivity contribution in [3.63, 3.8) is 0 Å². The van der Waals surface area contributed by atoms with E-state index in [0.717, 1.165) is 72.1 Å². The molecular weight excluding hydrogens is 564 g/mol. The Morgan fingerprint density at radius 3 is 1.83 bits per heavy atom. The van der Waals surface area contributed by atoms with E-state index >= 15 is 0 Å². The third kappa shape index (κ3) is 3.61. The highest BCUT2D eigenvalue weighted by Gasteiger charge is 2.22. The molecule has 4 nitrogen and oxygen atoms in total. The van der Waals surface area contributed by atoms with Gasteiger partial charge in [0.25, 0.3) is 0 Å². The number of benzene rings is 7. The molecule has 10 rings (SSSR count). The lowest BCUT2D eigenvalue weighted by Gasteiger charge is -2.26. The van der Waals surface area contributed by atoms with E-state index in [1.165, 1.54) is 16.3 Å². The van der Waals surface area contributed by atoms with Gasteiger partial charge in [-0.3, -0.25) is 0 Å². The molecule has 10 aromatic rings. The van der Waals surface area contributed by atoms with Gasteiger partial charge < -0.3 is 18.3 Å². The minimum Gasteiger partial charge on any atom is -0.456 e. The number of rotatable bonds is 4. The molecule has 7 aromatic carbocycles. The van der Waals surface area contributed by atoms with Gasteiger partial charge in [-0.1, -0.05) is 84.9 Å². The average molecular weight is 591 g/mol. The topological polar surface area (TPSA) is 34.5 Å². The number of fused-ring (bicyclic) bond motifs is 9. The molecule has 0 fully saturated rings. The van der Waals surface area contributed by atoms with Crippen molar-refractivity contribution < 1.29 is 8.83 Å². The van der Waals surface area contributed by atoms with E-state index < -0.39 is 0 Å². The predicted molar refractivity (Wildman–Crippen MR) is 190 cm³/mol. The van der Waals surface area contributed by atoms with Crippen LogP contribution in [0.2, 0.25) is 0 Å². The van der Waals surface area contributed by atoms with E-state index in [0.29, 0.717) is 0 Å². The standard InChI is InChI=1S/C42H26N2O2/c1-2-11-27(12-3-1)44-35-16-7-4-13-30(35)31-23-21-28(25-37(31)44)43(29-22-24-33-32-14-5-8-18-38(32)46-41(33)26-29)36-17-10-20-40-42(36)34-15-6-9-19-39(34)45-40/h1-26H. The molecule has 0 N–H and O–H groups in total. The monoisotopic (exact) mass is 590 g/mol. The maximum Gasteiger partial charge on any atom is 0.137 e. The summed E-state index contributed by atoms with van der Waals surface area (Å²) in [6.07, 6.45) is 0. The van der Waals surface area contributed by atoms with Crippen LogP contribution in [0.5, 0.6) is 0 Å². The molecule has 0 spiro atoms. The van der Waals surface area contributed by atoms with Crippen LogP contribution in [-0.2, 0) is 0 Å². The number of aromatic nitrogens is 1. The molecule has 0 radical (unpaired) electrons. The second-order valence-corrected chi connectivity index (χ2v) is 11.8. The molecule has 3 aromatic heterocycles. The fourth-order valence-electron chi connectivity index (χ4n) is 7.18. The zero-order chi connectivity index (χ0) is 30.2. The van der Waals surface area contributed by atoms with E-state index in [2.05, 4.69) is 143 Å². The molecule has 46 heavy (non-hydrogen) atoms. The number of hydrogen-bond acceptors (Lipinski definition) is 3. The van der Waals surface area contributed by atoms with Crippen LogP contribution < -0.4 is 4.90 Å². The van der Waals surface area contributed by atoms with Gasteiger partial charge in [-0.2, -0.15) is 0 Å². The third-order valence-electron chi connectivity index (χ3n) is 9.17. The van der Waals surface area contributed by atoms with Crippen LogP contribution in [0.3, 0.4) is 0 Å². The quantitative estimate of drug-likeness (QED) is 0.204. The highest BCUT2D eigenvalue weighted by atomic mass is 16.3. The molecule has 0 amide bonds. The van der Waals surface area contributed by atoms with Gasteiger partial charge in [-0.25, -0.2) is 0 Å². The van der Waals surface area contributed by atoms with Crippen LogP contribution in [0.1, 0.15) is 0 Å². The van der Waals surface area contributed by atoms with Gasteiger partial charge in [0, 0.05) is 50.1 Å². The second-order valence-electron chi connectivity index (χ2n) is 11.8. The van der Waals surface area contributed by atoms with Crippen LogP contribution in [0.4, 0.5) is 17.1 Å². The first-order chi connectivity index (χ1) is 22.8. The lowest BCUT2D eigenvalue weighted by atomic mass is 10.1. The first-order valence-corrected chi connectivity index (χ1v) is 15.5. The number of furan rings is 2. The maximum absolute atomic E-state index is 6.40. The lowest BCUT2D eigenvalue weighted by Crippen LogP contribution is -2.10. The van der Waals surface area contributed by atoms with Crippen LogP contribution >= 0.6 is 0 Å². The molecule has 0 aliphatic carbocycles. The van der Waals surface area contributed by atoms with E-state index in [-0.39, 0.29) is 0 Å². The van der Waals surface area contributed by atoms with Gasteiger partial charge in [0.2, 0.25) is 0 Å². The van der Waals surface area contributed by atoms with Crippen molar-refractivity contribution in [1.82, 2.24) is 4.57 Å². The molecule has 0 saturated heterocycles. The van der Waals surface area contributed by atoms with Gasteiger partial charge in [0.05, 0.1) is 22.1 Å². The Hall–Kier alpha value is -6.26. The van der Waals surface area contributed by atoms with E-state index in [9.17, 15) is 0 Å². The SMILES string of the molecule is c1ccc(-n2c3ccccc3c3ccc(N(c4ccc5c(c4)oc4ccccc45)c4cccc5oc6ccccc6c45)cc32)cc1. The molecule has 0 saturated carbocycles. The van der Waals surface area contributed by atoms with Gasteiger partial charge in [-0.05, 0) is 66.7 Å². The van der Waals surface area contributed by atoms with Crippen molar-refractivity contribution >= 4 is 82.7 Å². The Morgan fingerprint density at radius 2 is 0.978 bits per heavy atom. The van der Waals surface area contributed by atoms with Gasteiger partial charge in [-0.15, -0.1) is 0 Å². The summed E-state index contributed by atoms with van der Waals surface area (Å²) in [5.41, 5.74) is 10.0. The van der Waals surface area contributed by atoms with Crippen molar-refractivity contribution in [3.8, 4) is 5.69 Å². The summed E-state index contributed by atoms with van der Waals surface area (Å²) in [6.45, 7) is 0. The molecule has 0 aliphatic heterocycles. The molecule has 3 heterocycles. The third-order valence-corrected chi connectivity index (χ3v) is 9.17. The van der Waals surface area contributed by atoms with Crippen LogP contribution in [0.25, 0.3) is 71.4 Å². The van der Waals surface area contributed by atoms with Gasteiger partial charge in [0.1, 0.15) is 22.3 Å². The minimum atomic E-state index is 0.854. The van der Waals surface area contributed by atoms with Crippen molar-refractivity contribution in [3.05, 3.63) is 158 Å². The highest BCUT2D eigenvalue weighted by Crippen LogP contribution is 2.45. The Labute approximate surface area is 263 Å². The fraction of sp³-hybridized carbons (Fsp3) is 0. The van der Waals surface area contributed by atoms with Crippen molar-refractivity contribution in [2.24, 2.45) is 0 Å². The van der Waals surface area contributed by atoms with E-state index in [1.54, 1.807) is 0 Å². The summed E-state index contributed by atoms with van der Waals surface area (Å²) < 4.78 is 15.1. The largest absolute Gasteiger partial charge is 0.456 e. The van der Waals surface area contributed by atoms with Crippen LogP contribution in [-0.4, -0.2) is 4.57 Å². The zero-order valence-corrected chi connectivity index (χ0v) is 24.7. The fourth-order valence-corrected chi connectivity index (χ4v) is 7.18. The molecule has 0 atom stereocenters. The highest BCUT2D eigenvalue weighted by molar-refractivity contribution is 6.15. The summed E-state index contributed by atoms with van der Waals surface area (Å²) in [4.78, 5) is 2.34. The Kier molecular flexibility index (Phi) is 5.25. The van der Waals surface area contributed by atoms with Gasteiger partial charge in [0.15, 0.2) is 0 Å². The smallest absolute Gasteiger partial charge is 0.137 e. The molecule has 0 unspecified atom stereocenters. The Bertz CT molecular complexity index is 2770. The molecule has 0 bridgehead atoms. The summed E-state index contributed by atoms with van der Waals surface area (Å²) in [6, 6.07) is 55.4. The lowest BCUT2D eigenvalue weighted by molar-refractivity contribution is 0.669.